The van der Waals surface area contributed by atoms with Crippen molar-refractivity contribution in [2.24, 2.45) is 0 Å². The summed E-state index contributed by atoms with van der Waals surface area (Å²) in [5.74, 6) is 0. The van der Waals surface area contributed by atoms with Gasteiger partial charge in [0.15, 0.2) is 5.12 Å². The Kier molecular flexibility index (Phi) is 1.89. The standard InChI is InChI=1S/C5H6N2OS/c8-5(9)1-4-2-6-3-7-4/h2-3H,1H2,(H,6,7)(H,8,9). The summed E-state index contributed by atoms with van der Waals surface area (Å²) in [6, 6.07) is 0. The number of nitrogens with one attached hydrogen (secondary N) is 1. The van der Waals surface area contributed by atoms with E-state index < -0.39 is 0 Å². The molecule has 1 N–H and O–H groups in total. The predicted octanol–water partition coefficient (Wildman–Crippen LogP) is 0.409. The summed E-state index contributed by atoms with van der Waals surface area (Å²) in [5, 5.41) is -0.153. The third-order valence-electron chi connectivity index (χ3n) is 0.897. The molecule has 9 heavy (non-hydrogen) atoms. The number of carbonyl (C=O) groups is 1. The van der Waals surface area contributed by atoms with Crippen LogP contribution in [0.1, 0.15) is 5.69 Å². The molecule has 0 fully saturated rings. The molecule has 0 spiro atoms. The second-order valence-corrected chi connectivity index (χ2v) is 2.15. The van der Waals surface area contributed by atoms with E-state index in [1.807, 2.05) is 0 Å². The Bertz CT molecular complexity index is 195. The molecular formula is C5H6N2OS. The van der Waals surface area contributed by atoms with E-state index >= 15 is 0 Å². The number of hydrogen-bond donors (Lipinski definition) is 2. The first-order valence-corrected chi connectivity index (χ1v) is 2.93. The number of thiol groups is 1. The van der Waals surface area contributed by atoms with Crippen molar-refractivity contribution in [3.63, 3.8) is 0 Å². The number of carbonyl (C=O) groups excluding carboxylic acids is 1. The average molecular weight is 142 g/mol. The van der Waals surface area contributed by atoms with Crippen molar-refractivity contribution >= 4 is 17.7 Å². The molecule has 0 atom stereocenters. The van der Waals surface area contributed by atoms with Gasteiger partial charge in [0.05, 0.1) is 12.7 Å². The molecule has 1 heterocycles. The second kappa shape index (κ2) is 2.68. The van der Waals surface area contributed by atoms with Crippen molar-refractivity contribution < 1.29 is 4.79 Å². The Labute approximate surface area is 57.9 Å². The molecule has 0 aliphatic heterocycles. The second-order valence-electron chi connectivity index (χ2n) is 1.65. The maximum absolute atomic E-state index is 10.3. The van der Waals surface area contributed by atoms with E-state index in [9.17, 15) is 4.79 Å². The molecule has 0 aliphatic carbocycles. The van der Waals surface area contributed by atoms with E-state index in [-0.39, 0.29) is 5.12 Å². The molecule has 0 aliphatic rings. The minimum absolute atomic E-state index is 0.153. The molecule has 0 aromatic carbocycles. The highest BCUT2D eigenvalue weighted by atomic mass is 32.1. The van der Waals surface area contributed by atoms with Gasteiger partial charge in [-0.1, -0.05) is 0 Å². The first kappa shape index (κ1) is 6.35. The number of imidazole rings is 1. The molecular weight excluding hydrogens is 136 g/mol. The molecule has 0 amide bonds. The van der Waals surface area contributed by atoms with Gasteiger partial charge in [-0.15, -0.1) is 12.6 Å². The first-order valence-electron chi connectivity index (χ1n) is 2.48. The van der Waals surface area contributed by atoms with Crippen molar-refractivity contribution in [1.29, 1.82) is 0 Å². The van der Waals surface area contributed by atoms with E-state index in [2.05, 4.69) is 22.6 Å². The van der Waals surface area contributed by atoms with E-state index in [1.54, 1.807) is 6.20 Å². The van der Waals surface area contributed by atoms with Gasteiger partial charge in [0, 0.05) is 11.9 Å². The fraction of sp³-hybridized carbons (Fsp3) is 0.200. The number of H-pyrrole nitrogens is 1. The van der Waals surface area contributed by atoms with Gasteiger partial charge in [-0.05, 0) is 0 Å². The Morgan fingerprint density at radius 1 is 1.89 bits per heavy atom. The minimum atomic E-state index is -0.153. The zero-order valence-corrected chi connectivity index (χ0v) is 5.56. The Balaban J connectivity index is 2.58. The van der Waals surface area contributed by atoms with Crippen LogP contribution in [-0.4, -0.2) is 15.1 Å². The normalized spacial score (nSPS) is 9.44. The van der Waals surface area contributed by atoms with E-state index in [0.717, 1.165) is 5.69 Å². The molecule has 48 valence electrons. The SMILES string of the molecule is O=C(S)Cc1cnc[nH]1. The smallest absolute Gasteiger partial charge is 0.191 e. The fourth-order valence-electron chi connectivity index (χ4n) is 0.544. The Hall–Kier alpha value is -0.770. The van der Waals surface area contributed by atoms with Gasteiger partial charge in [0.2, 0.25) is 0 Å². The molecule has 1 rings (SSSR count). The molecule has 0 saturated heterocycles. The van der Waals surface area contributed by atoms with Crippen molar-refractivity contribution in [1.82, 2.24) is 9.97 Å². The maximum atomic E-state index is 10.3. The van der Waals surface area contributed by atoms with Crippen molar-refractivity contribution in [2.45, 2.75) is 6.42 Å². The molecule has 1 aromatic rings. The van der Waals surface area contributed by atoms with Gasteiger partial charge in [-0.25, -0.2) is 4.98 Å². The van der Waals surface area contributed by atoms with Crippen LogP contribution in [0, 0.1) is 0 Å². The van der Waals surface area contributed by atoms with Gasteiger partial charge in [-0.3, -0.25) is 4.79 Å². The fourth-order valence-corrected chi connectivity index (χ4v) is 0.715. The molecule has 1 aromatic heterocycles. The Morgan fingerprint density at radius 3 is 3.11 bits per heavy atom. The summed E-state index contributed by atoms with van der Waals surface area (Å²) in [5.41, 5.74) is 0.801. The molecule has 4 heteroatoms. The van der Waals surface area contributed by atoms with Crippen molar-refractivity contribution in [3.05, 3.63) is 18.2 Å². The van der Waals surface area contributed by atoms with Gasteiger partial charge in [0.25, 0.3) is 0 Å². The largest absolute Gasteiger partial charge is 0.348 e. The molecule has 0 bridgehead atoms. The monoisotopic (exact) mass is 142 g/mol. The quantitative estimate of drug-likeness (QED) is 0.587. The van der Waals surface area contributed by atoms with E-state index in [0.29, 0.717) is 6.42 Å². The summed E-state index contributed by atoms with van der Waals surface area (Å²) in [6.07, 6.45) is 3.46. The lowest BCUT2D eigenvalue weighted by Gasteiger charge is -1.85. The van der Waals surface area contributed by atoms with Crippen LogP contribution in [0.5, 0.6) is 0 Å². The van der Waals surface area contributed by atoms with Crippen molar-refractivity contribution in [3.8, 4) is 0 Å². The van der Waals surface area contributed by atoms with E-state index in [4.69, 9.17) is 0 Å². The number of nitrogens with zero attached hydrogens (tertiary/aromatic N) is 1. The first-order chi connectivity index (χ1) is 4.29. The molecule has 0 saturated carbocycles. The number of rotatable bonds is 2. The van der Waals surface area contributed by atoms with Crippen molar-refractivity contribution in [2.75, 3.05) is 0 Å². The van der Waals surface area contributed by atoms with Crippen LogP contribution < -0.4 is 0 Å². The number of aromatic nitrogens is 2. The third kappa shape index (κ3) is 1.89. The minimum Gasteiger partial charge on any atom is -0.348 e. The van der Waals surface area contributed by atoms with Crippen LogP contribution in [0.25, 0.3) is 0 Å². The summed E-state index contributed by atoms with van der Waals surface area (Å²) < 4.78 is 0. The van der Waals surface area contributed by atoms with Gasteiger partial charge in [-0.2, -0.15) is 0 Å². The summed E-state index contributed by atoms with van der Waals surface area (Å²) in [4.78, 5) is 16.8. The lowest BCUT2D eigenvalue weighted by Crippen LogP contribution is -1.92. The number of aromatic amines is 1. The highest BCUT2D eigenvalue weighted by Crippen LogP contribution is 1.94. The summed E-state index contributed by atoms with van der Waals surface area (Å²) in [6.45, 7) is 0. The topological polar surface area (TPSA) is 45.8 Å². The van der Waals surface area contributed by atoms with Crippen LogP contribution in [-0.2, 0) is 11.2 Å². The van der Waals surface area contributed by atoms with Crippen LogP contribution in [0.15, 0.2) is 12.5 Å². The lowest BCUT2D eigenvalue weighted by molar-refractivity contribution is -0.110. The molecule has 0 radical (unpaired) electrons. The lowest BCUT2D eigenvalue weighted by atomic mass is 10.4. The zero-order chi connectivity index (χ0) is 6.69. The summed E-state index contributed by atoms with van der Waals surface area (Å²) in [7, 11) is 0. The Morgan fingerprint density at radius 2 is 2.67 bits per heavy atom. The van der Waals surface area contributed by atoms with Gasteiger partial charge in [0.1, 0.15) is 0 Å². The zero-order valence-electron chi connectivity index (χ0n) is 4.66. The van der Waals surface area contributed by atoms with Gasteiger partial charge >= 0.3 is 0 Å². The summed E-state index contributed by atoms with van der Waals surface area (Å²) >= 11 is 3.60. The van der Waals surface area contributed by atoms with Crippen LogP contribution >= 0.6 is 12.6 Å². The van der Waals surface area contributed by atoms with Crippen LogP contribution in [0.3, 0.4) is 0 Å². The number of hydrogen-bond acceptors (Lipinski definition) is 2. The average Bonchev–Trinajstić information content (AvgIpc) is 2.15. The van der Waals surface area contributed by atoms with Gasteiger partial charge < -0.3 is 4.98 Å². The van der Waals surface area contributed by atoms with Crippen LogP contribution in [0.4, 0.5) is 0 Å². The molecule has 3 nitrogen and oxygen atoms in total. The predicted molar refractivity (Wildman–Crippen MR) is 36.3 cm³/mol. The third-order valence-corrected chi connectivity index (χ3v) is 1.05. The van der Waals surface area contributed by atoms with E-state index in [1.165, 1.54) is 6.33 Å². The van der Waals surface area contributed by atoms with Crippen LogP contribution in [0.2, 0.25) is 0 Å². The highest BCUT2D eigenvalue weighted by Gasteiger charge is 1.96. The highest BCUT2D eigenvalue weighted by molar-refractivity contribution is 7.96. The molecule has 0 unspecified atom stereocenters. The maximum Gasteiger partial charge on any atom is 0.191 e.